The molecule has 2 N–H and O–H groups in total. The lowest BCUT2D eigenvalue weighted by Crippen LogP contribution is -2.35. The van der Waals surface area contributed by atoms with E-state index in [0.29, 0.717) is 17.1 Å². The summed E-state index contributed by atoms with van der Waals surface area (Å²) < 4.78 is 53.8. The molecule has 2 atom stereocenters. The maximum Gasteiger partial charge on any atom is 0.410 e. The van der Waals surface area contributed by atoms with Gasteiger partial charge in [-0.15, -0.1) is 0 Å². The molecule has 34 heavy (non-hydrogen) atoms. The highest BCUT2D eigenvalue weighted by molar-refractivity contribution is 9.10. The van der Waals surface area contributed by atoms with Gasteiger partial charge in [0.15, 0.2) is 11.7 Å². The third-order valence-corrected chi connectivity index (χ3v) is 6.33. The topological polar surface area (TPSA) is 77.4 Å². The van der Waals surface area contributed by atoms with E-state index < -0.39 is 24.2 Å². The first-order chi connectivity index (χ1) is 16.1. The highest BCUT2D eigenvalue weighted by Gasteiger charge is 2.47. The summed E-state index contributed by atoms with van der Waals surface area (Å²) in [7, 11) is 2.89. The molecule has 1 aromatic heterocycles. The standard InChI is InChI=1S/C22H19BrClF3N4O3/c1-33-13-7-8-14(16(9-13)34-2)29-21(32)19-18(24)20-28-15(11-3-5-12(23)6-4-11)10-17(22(25,26)27)31(20)30-19/h3-9,15,17,28H,10H2,1-2H3,(H,29,32)/t15-,17-/m0/s1. The van der Waals surface area contributed by atoms with Gasteiger partial charge in [-0.3, -0.25) is 4.79 Å². The second-order valence-corrected chi connectivity index (χ2v) is 8.81. The number of methoxy groups -OCH3 is 2. The summed E-state index contributed by atoms with van der Waals surface area (Å²) in [6, 6.07) is 8.98. The van der Waals surface area contributed by atoms with Crippen LogP contribution in [0.15, 0.2) is 46.9 Å². The maximum absolute atomic E-state index is 14.0. The lowest BCUT2D eigenvalue weighted by atomic mass is 9.97. The number of hydrogen-bond donors (Lipinski definition) is 2. The van der Waals surface area contributed by atoms with Crippen LogP contribution in [-0.4, -0.2) is 36.1 Å². The van der Waals surface area contributed by atoms with Gasteiger partial charge in [0.25, 0.3) is 5.91 Å². The fourth-order valence-electron chi connectivity index (χ4n) is 3.73. The number of aromatic nitrogens is 2. The predicted molar refractivity (Wildman–Crippen MR) is 125 cm³/mol. The number of fused-ring (bicyclic) bond motifs is 1. The smallest absolute Gasteiger partial charge is 0.410 e. The fraction of sp³-hybridized carbons (Fsp3) is 0.273. The van der Waals surface area contributed by atoms with Crippen LogP contribution in [0.3, 0.4) is 0 Å². The average Bonchev–Trinajstić information content (AvgIpc) is 3.15. The molecule has 2 heterocycles. The van der Waals surface area contributed by atoms with Gasteiger partial charge in [0, 0.05) is 17.0 Å². The molecule has 0 saturated heterocycles. The van der Waals surface area contributed by atoms with Crippen molar-refractivity contribution in [3.63, 3.8) is 0 Å². The van der Waals surface area contributed by atoms with Gasteiger partial charge in [-0.05, 0) is 29.8 Å². The molecule has 2 aromatic carbocycles. The SMILES string of the molecule is COc1ccc(NC(=O)c2nn3c(c2Cl)N[C@H](c2ccc(Br)cc2)C[C@H]3C(F)(F)F)c(OC)c1. The zero-order valence-electron chi connectivity index (χ0n) is 17.9. The fourth-order valence-corrected chi connectivity index (χ4v) is 4.26. The number of ether oxygens (including phenoxy) is 2. The predicted octanol–water partition coefficient (Wildman–Crippen LogP) is 6.23. The van der Waals surface area contributed by atoms with Gasteiger partial charge in [0.2, 0.25) is 0 Å². The van der Waals surface area contributed by atoms with Crippen LogP contribution in [0.5, 0.6) is 11.5 Å². The van der Waals surface area contributed by atoms with Crippen LogP contribution in [0.25, 0.3) is 0 Å². The van der Waals surface area contributed by atoms with E-state index in [9.17, 15) is 18.0 Å². The Morgan fingerprint density at radius 3 is 2.53 bits per heavy atom. The van der Waals surface area contributed by atoms with E-state index in [1.54, 1.807) is 42.5 Å². The molecular weight excluding hydrogens is 541 g/mol. The Labute approximate surface area is 206 Å². The van der Waals surface area contributed by atoms with Gasteiger partial charge in [0.1, 0.15) is 22.3 Å². The molecule has 1 aliphatic heterocycles. The molecule has 0 fully saturated rings. The molecule has 1 amide bonds. The van der Waals surface area contributed by atoms with Crippen LogP contribution in [0.2, 0.25) is 5.02 Å². The van der Waals surface area contributed by atoms with E-state index in [1.165, 1.54) is 14.2 Å². The zero-order valence-corrected chi connectivity index (χ0v) is 20.3. The first-order valence-electron chi connectivity index (χ1n) is 10.0. The molecule has 4 rings (SSSR count). The van der Waals surface area contributed by atoms with Crippen molar-refractivity contribution >= 4 is 44.9 Å². The minimum atomic E-state index is -4.60. The quantitative estimate of drug-likeness (QED) is 0.388. The van der Waals surface area contributed by atoms with E-state index in [4.69, 9.17) is 21.1 Å². The number of rotatable bonds is 5. The van der Waals surface area contributed by atoms with Gasteiger partial charge in [-0.25, -0.2) is 4.68 Å². The van der Waals surface area contributed by atoms with Crippen LogP contribution >= 0.6 is 27.5 Å². The summed E-state index contributed by atoms with van der Waals surface area (Å²) in [6.07, 6.45) is -4.92. The number of halogens is 5. The number of carbonyl (C=O) groups is 1. The van der Waals surface area contributed by atoms with Gasteiger partial charge in [-0.1, -0.05) is 39.7 Å². The van der Waals surface area contributed by atoms with Crippen molar-refractivity contribution in [2.45, 2.75) is 24.7 Å². The Morgan fingerprint density at radius 1 is 1.21 bits per heavy atom. The second kappa shape index (κ2) is 9.38. The Hall–Kier alpha value is -2.92. The minimum absolute atomic E-state index is 0.0741. The maximum atomic E-state index is 14.0. The van der Waals surface area contributed by atoms with Crippen LogP contribution in [-0.2, 0) is 0 Å². The summed E-state index contributed by atoms with van der Waals surface area (Å²) in [5, 5.41) is 9.34. The van der Waals surface area contributed by atoms with Crippen LogP contribution < -0.4 is 20.1 Å². The summed E-state index contributed by atoms with van der Waals surface area (Å²) in [5.74, 6) is -0.0516. The third-order valence-electron chi connectivity index (χ3n) is 5.44. The Morgan fingerprint density at radius 2 is 1.91 bits per heavy atom. The molecule has 0 bridgehead atoms. The number of alkyl halides is 3. The van der Waals surface area contributed by atoms with Crippen molar-refractivity contribution < 1.29 is 27.4 Å². The normalized spacial score (nSPS) is 17.5. The molecular formula is C22H19BrClF3N4O3. The number of nitrogens with zero attached hydrogens (tertiary/aromatic N) is 2. The minimum Gasteiger partial charge on any atom is -0.497 e. The van der Waals surface area contributed by atoms with Gasteiger partial charge < -0.3 is 20.1 Å². The molecule has 180 valence electrons. The number of carbonyl (C=O) groups excluding carboxylic acids is 1. The summed E-state index contributed by atoms with van der Waals surface area (Å²) in [6.45, 7) is 0. The molecule has 0 aliphatic carbocycles. The monoisotopic (exact) mass is 558 g/mol. The molecule has 3 aromatic rings. The first kappa shape index (κ1) is 24.2. The number of benzene rings is 2. The lowest BCUT2D eigenvalue weighted by Gasteiger charge is -2.33. The molecule has 12 heteroatoms. The Bertz CT molecular complexity index is 1220. The van der Waals surface area contributed by atoms with Crippen LogP contribution in [0, 0.1) is 0 Å². The van der Waals surface area contributed by atoms with E-state index in [1.807, 2.05) is 0 Å². The number of amides is 1. The molecule has 0 saturated carbocycles. The third kappa shape index (κ3) is 4.67. The Kier molecular flexibility index (Phi) is 6.68. The summed E-state index contributed by atoms with van der Waals surface area (Å²) >= 11 is 9.70. The molecule has 0 unspecified atom stereocenters. The van der Waals surface area contributed by atoms with Crippen molar-refractivity contribution in [1.82, 2.24) is 9.78 Å². The van der Waals surface area contributed by atoms with Gasteiger partial charge in [0.05, 0.1) is 25.9 Å². The van der Waals surface area contributed by atoms with Crippen molar-refractivity contribution in [2.75, 3.05) is 24.9 Å². The van der Waals surface area contributed by atoms with Crippen molar-refractivity contribution in [3.8, 4) is 11.5 Å². The highest BCUT2D eigenvalue weighted by atomic mass is 79.9. The van der Waals surface area contributed by atoms with Gasteiger partial charge >= 0.3 is 6.18 Å². The van der Waals surface area contributed by atoms with E-state index in [-0.39, 0.29) is 28.6 Å². The van der Waals surface area contributed by atoms with Crippen molar-refractivity contribution in [2.24, 2.45) is 0 Å². The average molecular weight is 560 g/mol. The van der Waals surface area contributed by atoms with Gasteiger partial charge in [-0.2, -0.15) is 18.3 Å². The zero-order chi connectivity index (χ0) is 24.6. The number of nitrogens with one attached hydrogen (secondary N) is 2. The number of hydrogen-bond acceptors (Lipinski definition) is 5. The Balaban J connectivity index is 1.69. The molecule has 7 nitrogen and oxygen atoms in total. The van der Waals surface area contributed by atoms with Crippen molar-refractivity contribution in [3.05, 3.63) is 63.2 Å². The largest absolute Gasteiger partial charge is 0.497 e. The van der Waals surface area contributed by atoms with E-state index >= 15 is 0 Å². The van der Waals surface area contributed by atoms with Crippen LogP contribution in [0.1, 0.15) is 34.6 Å². The summed E-state index contributed by atoms with van der Waals surface area (Å²) in [5.41, 5.74) is 0.589. The summed E-state index contributed by atoms with van der Waals surface area (Å²) in [4.78, 5) is 12.9. The first-order valence-corrected chi connectivity index (χ1v) is 11.2. The van der Waals surface area contributed by atoms with Crippen LogP contribution in [0.4, 0.5) is 24.7 Å². The van der Waals surface area contributed by atoms with Crippen molar-refractivity contribution in [1.29, 1.82) is 0 Å². The molecule has 0 spiro atoms. The number of anilines is 2. The highest BCUT2D eigenvalue weighted by Crippen LogP contribution is 2.46. The lowest BCUT2D eigenvalue weighted by molar-refractivity contribution is -0.173. The molecule has 0 radical (unpaired) electrons. The second-order valence-electron chi connectivity index (χ2n) is 7.52. The van der Waals surface area contributed by atoms with E-state index in [0.717, 1.165) is 9.15 Å². The molecule has 1 aliphatic rings. The van der Waals surface area contributed by atoms with E-state index in [2.05, 4.69) is 31.7 Å².